The van der Waals surface area contributed by atoms with Crippen LogP contribution in [0.2, 0.25) is 0 Å². The Balaban J connectivity index is 1.41. The predicted octanol–water partition coefficient (Wildman–Crippen LogP) is 2.12. The zero-order valence-electron chi connectivity index (χ0n) is 12.9. The Labute approximate surface area is 123 Å². The second-order valence-electron chi connectivity index (χ2n) is 8.20. The molecule has 5 rings (SSSR count). The molecule has 0 aromatic carbocycles. The highest BCUT2D eigenvalue weighted by molar-refractivity contribution is 5.02. The maximum atomic E-state index is 5.87. The predicted molar refractivity (Wildman–Crippen MR) is 80.7 cm³/mol. The molecule has 5 fully saturated rings. The van der Waals surface area contributed by atoms with Crippen molar-refractivity contribution in [2.24, 2.45) is 23.2 Å². The van der Waals surface area contributed by atoms with Crippen molar-refractivity contribution in [1.82, 2.24) is 10.2 Å². The standard InChI is InChI=1S/C17H30N2O/c1-18-10-16-11-19(2-3-20-16)12-17-7-13-4-14(8-17)6-15(5-13)9-17/h13-16,18H,2-12H2,1H3. The van der Waals surface area contributed by atoms with Crippen LogP contribution in [0.4, 0.5) is 0 Å². The lowest BCUT2D eigenvalue weighted by molar-refractivity contribution is -0.0931. The van der Waals surface area contributed by atoms with E-state index < -0.39 is 0 Å². The summed E-state index contributed by atoms with van der Waals surface area (Å²) in [4.78, 5) is 2.72. The molecule has 1 N–H and O–H groups in total. The zero-order chi connectivity index (χ0) is 13.6. The van der Waals surface area contributed by atoms with Crippen molar-refractivity contribution in [2.75, 3.05) is 39.8 Å². The normalized spacial score (nSPS) is 47.9. The Morgan fingerprint density at radius 2 is 1.75 bits per heavy atom. The highest BCUT2D eigenvalue weighted by Gasteiger charge is 2.51. The molecule has 3 nitrogen and oxygen atoms in total. The lowest BCUT2D eigenvalue weighted by Gasteiger charge is -2.58. The summed E-state index contributed by atoms with van der Waals surface area (Å²) in [5.74, 6) is 3.24. The SMILES string of the molecule is CNCC1CN(CC23CC4CC(CC(C4)C2)C3)CCO1. The fourth-order valence-electron chi connectivity index (χ4n) is 6.23. The van der Waals surface area contributed by atoms with Crippen molar-refractivity contribution >= 4 is 0 Å². The summed E-state index contributed by atoms with van der Waals surface area (Å²) in [6.07, 6.45) is 9.69. The van der Waals surface area contributed by atoms with E-state index in [0.29, 0.717) is 11.5 Å². The first-order chi connectivity index (χ1) is 9.75. The van der Waals surface area contributed by atoms with Crippen LogP contribution >= 0.6 is 0 Å². The van der Waals surface area contributed by atoms with E-state index in [-0.39, 0.29) is 0 Å². The van der Waals surface area contributed by atoms with Crippen molar-refractivity contribution in [1.29, 1.82) is 0 Å². The first kappa shape index (κ1) is 13.5. The highest BCUT2D eigenvalue weighted by Crippen LogP contribution is 2.60. The molecule has 4 bridgehead atoms. The smallest absolute Gasteiger partial charge is 0.0826 e. The fraction of sp³-hybridized carbons (Fsp3) is 1.00. The second kappa shape index (κ2) is 5.26. The molecule has 1 atom stereocenters. The molecule has 0 aromatic heterocycles. The molecule has 1 heterocycles. The van der Waals surface area contributed by atoms with Crippen LogP contribution in [-0.4, -0.2) is 50.8 Å². The summed E-state index contributed by atoms with van der Waals surface area (Å²) in [7, 11) is 2.03. The van der Waals surface area contributed by atoms with Gasteiger partial charge in [-0.2, -0.15) is 0 Å². The van der Waals surface area contributed by atoms with Gasteiger partial charge in [-0.1, -0.05) is 0 Å². The summed E-state index contributed by atoms with van der Waals surface area (Å²) in [6.45, 7) is 5.58. The van der Waals surface area contributed by atoms with Crippen LogP contribution in [0.3, 0.4) is 0 Å². The number of hydrogen-bond acceptors (Lipinski definition) is 3. The van der Waals surface area contributed by atoms with E-state index in [4.69, 9.17) is 4.74 Å². The van der Waals surface area contributed by atoms with E-state index in [1.165, 1.54) is 25.8 Å². The molecule has 114 valence electrons. The molecular weight excluding hydrogens is 248 g/mol. The van der Waals surface area contributed by atoms with Gasteiger partial charge in [0.05, 0.1) is 12.7 Å². The zero-order valence-corrected chi connectivity index (χ0v) is 12.9. The molecule has 3 heteroatoms. The van der Waals surface area contributed by atoms with Gasteiger partial charge in [0.1, 0.15) is 0 Å². The molecule has 0 radical (unpaired) electrons. The maximum absolute atomic E-state index is 5.87. The van der Waals surface area contributed by atoms with Crippen LogP contribution in [0, 0.1) is 23.2 Å². The first-order valence-corrected chi connectivity index (χ1v) is 8.73. The van der Waals surface area contributed by atoms with E-state index in [9.17, 15) is 0 Å². The van der Waals surface area contributed by atoms with Gasteiger partial charge < -0.3 is 10.1 Å². The average molecular weight is 278 g/mol. The Hall–Kier alpha value is -0.120. The summed E-state index contributed by atoms with van der Waals surface area (Å²) in [6, 6.07) is 0. The van der Waals surface area contributed by atoms with Crippen LogP contribution in [-0.2, 0) is 4.74 Å². The van der Waals surface area contributed by atoms with E-state index in [2.05, 4.69) is 10.2 Å². The molecule has 0 aromatic rings. The van der Waals surface area contributed by atoms with Gasteiger partial charge in [0.25, 0.3) is 0 Å². The van der Waals surface area contributed by atoms with Crippen molar-refractivity contribution in [3.8, 4) is 0 Å². The van der Waals surface area contributed by atoms with Gasteiger partial charge in [0.15, 0.2) is 0 Å². The largest absolute Gasteiger partial charge is 0.374 e. The number of nitrogens with zero attached hydrogens (tertiary/aromatic N) is 1. The number of likely N-dealkylation sites (N-methyl/N-ethyl adjacent to an activating group) is 1. The monoisotopic (exact) mass is 278 g/mol. The minimum atomic E-state index is 0.405. The Bertz CT molecular complexity index is 320. The van der Waals surface area contributed by atoms with Gasteiger partial charge in [0, 0.05) is 26.2 Å². The van der Waals surface area contributed by atoms with Crippen molar-refractivity contribution in [3.05, 3.63) is 0 Å². The average Bonchev–Trinajstić information content (AvgIpc) is 2.37. The second-order valence-corrected chi connectivity index (χ2v) is 8.20. The highest BCUT2D eigenvalue weighted by atomic mass is 16.5. The van der Waals surface area contributed by atoms with Crippen molar-refractivity contribution in [3.63, 3.8) is 0 Å². The van der Waals surface area contributed by atoms with Gasteiger partial charge in [0.2, 0.25) is 0 Å². The Kier molecular flexibility index (Phi) is 3.56. The summed E-state index contributed by atoms with van der Waals surface area (Å²) < 4.78 is 5.87. The lowest BCUT2D eigenvalue weighted by atomic mass is 9.49. The molecule has 0 amide bonds. The van der Waals surface area contributed by atoms with E-state index in [0.717, 1.165) is 44.0 Å². The molecule has 1 aliphatic heterocycles. The van der Waals surface area contributed by atoms with Gasteiger partial charge in [-0.15, -0.1) is 0 Å². The van der Waals surface area contributed by atoms with Gasteiger partial charge >= 0.3 is 0 Å². The first-order valence-electron chi connectivity index (χ1n) is 8.73. The minimum absolute atomic E-state index is 0.405. The quantitative estimate of drug-likeness (QED) is 0.852. The third-order valence-electron chi connectivity index (χ3n) is 6.38. The molecule has 4 aliphatic carbocycles. The number of hydrogen-bond donors (Lipinski definition) is 1. The molecule has 1 unspecified atom stereocenters. The molecule has 5 aliphatic rings. The fourth-order valence-corrected chi connectivity index (χ4v) is 6.23. The van der Waals surface area contributed by atoms with Crippen LogP contribution in [0.5, 0.6) is 0 Å². The van der Waals surface area contributed by atoms with E-state index in [1.54, 1.807) is 19.3 Å². The topological polar surface area (TPSA) is 24.5 Å². The maximum Gasteiger partial charge on any atom is 0.0826 e. The Morgan fingerprint density at radius 3 is 2.35 bits per heavy atom. The molecule has 4 saturated carbocycles. The van der Waals surface area contributed by atoms with Crippen LogP contribution in [0.1, 0.15) is 38.5 Å². The van der Waals surface area contributed by atoms with Gasteiger partial charge in [-0.25, -0.2) is 0 Å². The van der Waals surface area contributed by atoms with E-state index in [1.807, 2.05) is 7.05 Å². The van der Waals surface area contributed by atoms with Crippen LogP contribution in [0.15, 0.2) is 0 Å². The number of nitrogens with one attached hydrogen (secondary N) is 1. The third kappa shape index (κ3) is 2.53. The van der Waals surface area contributed by atoms with Crippen LogP contribution < -0.4 is 5.32 Å². The molecular formula is C17H30N2O. The minimum Gasteiger partial charge on any atom is -0.374 e. The molecule has 1 saturated heterocycles. The molecule has 20 heavy (non-hydrogen) atoms. The number of ether oxygens (including phenoxy) is 1. The number of rotatable bonds is 4. The van der Waals surface area contributed by atoms with Gasteiger partial charge in [-0.05, 0) is 68.7 Å². The van der Waals surface area contributed by atoms with Gasteiger partial charge in [-0.3, -0.25) is 4.90 Å². The van der Waals surface area contributed by atoms with Crippen molar-refractivity contribution in [2.45, 2.75) is 44.6 Å². The van der Waals surface area contributed by atoms with Crippen LogP contribution in [0.25, 0.3) is 0 Å². The van der Waals surface area contributed by atoms with E-state index >= 15 is 0 Å². The molecule has 0 spiro atoms. The summed E-state index contributed by atoms with van der Waals surface area (Å²) in [5.41, 5.74) is 0.691. The lowest BCUT2D eigenvalue weighted by Crippen LogP contribution is -2.54. The number of morpholine rings is 1. The summed E-state index contributed by atoms with van der Waals surface area (Å²) >= 11 is 0. The third-order valence-corrected chi connectivity index (χ3v) is 6.38. The summed E-state index contributed by atoms with van der Waals surface area (Å²) in [5, 5.41) is 3.27. The Morgan fingerprint density at radius 1 is 1.10 bits per heavy atom. The van der Waals surface area contributed by atoms with Crippen molar-refractivity contribution < 1.29 is 4.74 Å².